The molecule has 1 saturated heterocycles. The van der Waals surface area contributed by atoms with Crippen LogP contribution < -0.4 is 0 Å². The van der Waals surface area contributed by atoms with Gasteiger partial charge in [-0.15, -0.1) is 0 Å². The Hall–Kier alpha value is 0.430. The van der Waals surface area contributed by atoms with Crippen molar-refractivity contribution >= 4 is 7.26 Å². The van der Waals surface area contributed by atoms with E-state index in [0.29, 0.717) is 10.8 Å². The maximum atomic E-state index is 2.65. The van der Waals surface area contributed by atoms with E-state index in [9.17, 15) is 0 Å². The minimum absolute atomic E-state index is 0.563. The third-order valence-electron chi connectivity index (χ3n) is 5.10. The summed E-state index contributed by atoms with van der Waals surface area (Å²) in [6.45, 7) is 17.5. The summed E-state index contributed by atoms with van der Waals surface area (Å²) in [6, 6.07) is 0. The molecule has 0 atom stereocenters. The van der Waals surface area contributed by atoms with Crippen molar-refractivity contribution in [3.05, 3.63) is 0 Å². The average Bonchev–Trinajstić information content (AvgIpc) is 2.09. The first kappa shape index (κ1) is 14.5. The third-order valence-corrected chi connectivity index (χ3v) is 10.7. The van der Waals surface area contributed by atoms with Crippen molar-refractivity contribution in [3.63, 3.8) is 0 Å². The normalized spacial score (nSPS) is 30.5. The monoisotopic (exact) mass is 244 g/mol. The van der Waals surface area contributed by atoms with Crippen LogP contribution in [0.5, 0.6) is 0 Å². The number of hydrogen-bond donors (Lipinski definition) is 0. The zero-order valence-corrected chi connectivity index (χ0v) is 13.6. The van der Waals surface area contributed by atoms with Gasteiger partial charge < -0.3 is 0 Å². The predicted molar refractivity (Wildman–Crippen MR) is 80.5 cm³/mol. The second-order valence-electron chi connectivity index (χ2n) is 8.31. The first-order chi connectivity index (χ1) is 7.06. The molecule has 0 unspecified atom stereocenters. The first-order valence-electron chi connectivity index (χ1n) is 7.06. The van der Waals surface area contributed by atoms with Crippen molar-refractivity contribution in [2.75, 3.05) is 19.0 Å². The molecule has 0 aromatic heterocycles. The molecule has 0 saturated carbocycles. The zero-order valence-electron chi connectivity index (χ0n) is 12.6. The van der Waals surface area contributed by atoms with Crippen LogP contribution in [0.4, 0.5) is 0 Å². The van der Waals surface area contributed by atoms with E-state index in [0.717, 1.165) is 5.66 Å². The molecule has 0 N–H and O–H groups in total. The molecule has 1 aliphatic rings. The molecule has 0 spiro atoms. The van der Waals surface area contributed by atoms with Crippen molar-refractivity contribution in [2.24, 2.45) is 10.8 Å². The van der Waals surface area contributed by atoms with E-state index in [1.807, 2.05) is 0 Å². The maximum absolute atomic E-state index is 2.65. The van der Waals surface area contributed by atoms with Gasteiger partial charge in [0.15, 0.2) is 0 Å². The molecule has 0 aliphatic carbocycles. The summed E-state index contributed by atoms with van der Waals surface area (Å²) in [5, 5.41) is 0. The Kier molecular flexibility index (Phi) is 4.17. The molecule has 0 amide bonds. The summed E-state index contributed by atoms with van der Waals surface area (Å²) in [4.78, 5) is 0. The van der Waals surface area contributed by atoms with Gasteiger partial charge in [-0.1, -0.05) is 0 Å². The summed E-state index contributed by atoms with van der Waals surface area (Å²) >= 11 is 0. The minimum atomic E-state index is -0.974. The van der Waals surface area contributed by atoms with E-state index in [2.05, 4.69) is 48.2 Å². The number of rotatable bonds is 1. The van der Waals surface area contributed by atoms with E-state index in [1.165, 1.54) is 19.3 Å². The van der Waals surface area contributed by atoms with Crippen molar-refractivity contribution in [1.82, 2.24) is 0 Å². The SMILES string of the molecule is CC(C)[PH]1(C)CCC(C)(C)CC(C)(C)CC1. The summed E-state index contributed by atoms with van der Waals surface area (Å²) in [6.07, 6.45) is 7.42. The predicted octanol–water partition coefficient (Wildman–Crippen LogP) is 5.01. The molecule has 0 aromatic carbocycles. The van der Waals surface area contributed by atoms with Gasteiger partial charge in [-0.2, -0.15) is 0 Å². The molecule has 1 heterocycles. The van der Waals surface area contributed by atoms with Gasteiger partial charge in [0, 0.05) is 0 Å². The number of hydrogen-bond acceptors (Lipinski definition) is 0. The van der Waals surface area contributed by atoms with E-state index in [4.69, 9.17) is 0 Å². The van der Waals surface area contributed by atoms with Crippen molar-refractivity contribution < 1.29 is 0 Å². The van der Waals surface area contributed by atoms with Crippen molar-refractivity contribution in [3.8, 4) is 0 Å². The molecule has 1 heteroatoms. The zero-order chi connectivity index (χ0) is 12.6. The van der Waals surface area contributed by atoms with Gasteiger partial charge in [0.2, 0.25) is 0 Å². The molecular weight excluding hydrogens is 211 g/mol. The van der Waals surface area contributed by atoms with Crippen molar-refractivity contribution in [1.29, 1.82) is 0 Å². The summed E-state index contributed by atoms with van der Waals surface area (Å²) < 4.78 is 0. The molecule has 0 nitrogen and oxygen atoms in total. The van der Waals surface area contributed by atoms with Gasteiger partial charge >= 0.3 is 104 Å². The Labute approximate surface area is 104 Å². The van der Waals surface area contributed by atoms with Crippen LogP contribution in [0.15, 0.2) is 0 Å². The summed E-state index contributed by atoms with van der Waals surface area (Å²) in [7, 11) is -0.974. The first-order valence-corrected chi connectivity index (χ1v) is 10.1. The topological polar surface area (TPSA) is 0 Å². The third kappa shape index (κ3) is 3.73. The van der Waals surface area contributed by atoms with E-state index >= 15 is 0 Å². The van der Waals surface area contributed by atoms with Gasteiger partial charge in [-0.05, 0) is 0 Å². The van der Waals surface area contributed by atoms with Crippen LogP contribution in [0.3, 0.4) is 0 Å². The van der Waals surface area contributed by atoms with Crippen LogP contribution >= 0.6 is 7.26 Å². The van der Waals surface area contributed by atoms with Crippen LogP contribution in [0.2, 0.25) is 0 Å². The fraction of sp³-hybridized carbons (Fsp3) is 1.00. The molecule has 0 bridgehead atoms. The molecule has 1 aliphatic heterocycles. The molecule has 0 aromatic rings. The van der Waals surface area contributed by atoms with Gasteiger partial charge in [0.1, 0.15) is 0 Å². The van der Waals surface area contributed by atoms with Crippen molar-refractivity contribution in [2.45, 2.75) is 66.5 Å². The molecule has 0 radical (unpaired) electrons. The fourth-order valence-electron chi connectivity index (χ4n) is 3.42. The molecule has 1 fully saturated rings. The van der Waals surface area contributed by atoms with Gasteiger partial charge in [-0.3, -0.25) is 0 Å². The Morgan fingerprint density at radius 3 is 1.56 bits per heavy atom. The molecule has 16 heavy (non-hydrogen) atoms. The second-order valence-corrected chi connectivity index (χ2v) is 13.8. The Morgan fingerprint density at radius 1 is 0.875 bits per heavy atom. The van der Waals surface area contributed by atoms with Gasteiger partial charge in [0.05, 0.1) is 0 Å². The average molecular weight is 244 g/mol. The second kappa shape index (κ2) is 4.60. The molecule has 98 valence electrons. The van der Waals surface area contributed by atoms with Crippen LogP contribution in [-0.2, 0) is 0 Å². The van der Waals surface area contributed by atoms with E-state index in [1.54, 1.807) is 12.3 Å². The standard InChI is InChI=1S/C15H33P/c1-13(2)16(7)10-8-14(3,4)12-15(5,6)9-11-16/h13,16H,8-12H2,1-7H3. The molecular formula is C15H33P. The fourth-order valence-corrected chi connectivity index (χ4v) is 7.32. The van der Waals surface area contributed by atoms with Crippen LogP contribution in [-0.4, -0.2) is 24.6 Å². The van der Waals surface area contributed by atoms with E-state index < -0.39 is 7.26 Å². The Balaban J connectivity index is 2.85. The summed E-state index contributed by atoms with van der Waals surface area (Å²) in [5.41, 5.74) is 2.08. The van der Waals surface area contributed by atoms with Crippen LogP contribution in [0.25, 0.3) is 0 Å². The van der Waals surface area contributed by atoms with E-state index in [-0.39, 0.29) is 0 Å². The van der Waals surface area contributed by atoms with Gasteiger partial charge in [-0.25, -0.2) is 0 Å². The van der Waals surface area contributed by atoms with Crippen LogP contribution in [0.1, 0.15) is 60.8 Å². The Morgan fingerprint density at radius 2 is 1.25 bits per heavy atom. The Bertz CT molecular complexity index is 220. The molecule has 1 rings (SSSR count). The van der Waals surface area contributed by atoms with Gasteiger partial charge in [0.25, 0.3) is 0 Å². The van der Waals surface area contributed by atoms with Crippen LogP contribution in [0, 0.1) is 10.8 Å². The quantitative estimate of drug-likeness (QED) is 0.569. The summed E-state index contributed by atoms with van der Waals surface area (Å²) in [5.74, 6) is 0.